The fourth-order valence-corrected chi connectivity index (χ4v) is 6.57. The van der Waals surface area contributed by atoms with Crippen molar-refractivity contribution in [1.82, 2.24) is 29.1 Å². The topological polar surface area (TPSA) is 105 Å². The lowest BCUT2D eigenvalue weighted by Crippen LogP contribution is -2.46. The average Bonchev–Trinajstić information content (AvgIpc) is 3.85. The Balaban J connectivity index is 0.930. The van der Waals surface area contributed by atoms with Crippen LogP contribution in [0.1, 0.15) is 12.5 Å². The van der Waals surface area contributed by atoms with Crippen molar-refractivity contribution in [3.05, 3.63) is 118 Å². The SMILES string of the molecule is C=C(C)n1ncn(-c2ccc(N3CCN(c4ccc(OC[C@H]5CO[C@](Cn6cncn6)(c6ccc(Cl)cc6Cl)O5)cc4)CC3)cc2)c1=O. The molecule has 48 heavy (non-hydrogen) atoms. The first-order valence-corrected chi connectivity index (χ1v) is 16.3. The Bertz CT molecular complexity index is 1940. The predicted octanol–water partition coefficient (Wildman–Crippen LogP) is 5.10. The standard InChI is InChI=1S/C34H34Cl2N8O4/c1-24(2)44-33(45)43(23-39-44)28-6-4-26(5-7-28)40-13-15-41(16-14-40)27-8-10-29(11-9-27)46-18-30-19-47-34(48-30,20-42-22-37-21-38-42)31-12-3-25(35)17-32(31)36/h3-12,17,21-23,30H,1,13-16,18-20H2,2H3/t30-,34-/m0/s1. The zero-order valence-electron chi connectivity index (χ0n) is 26.3. The molecule has 2 aliphatic heterocycles. The minimum absolute atomic E-state index is 0.234. The van der Waals surface area contributed by atoms with Crippen LogP contribution in [0.4, 0.5) is 11.4 Å². The van der Waals surface area contributed by atoms with Gasteiger partial charge in [-0.05, 0) is 67.6 Å². The minimum atomic E-state index is -1.16. The van der Waals surface area contributed by atoms with E-state index < -0.39 is 5.79 Å². The van der Waals surface area contributed by atoms with E-state index in [1.807, 2.05) is 42.5 Å². The summed E-state index contributed by atoms with van der Waals surface area (Å²) in [6.07, 6.45) is 4.25. The number of piperazine rings is 1. The average molecular weight is 690 g/mol. The van der Waals surface area contributed by atoms with E-state index in [9.17, 15) is 4.79 Å². The Kier molecular flexibility index (Phi) is 8.97. The molecule has 2 saturated heterocycles. The number of rotatable bonds is 10. The van der Waals surface area contributed by atoms with Crippen molar-refractivity contribution in [1.29, 1.82) is 0 Å². The van der Waals surface area contributed by atoms with Gasteiger partial charge in [-0.25, -0.2) is 19.0 Å². The first-order valence-electron chi connectivity index (χ1n) is 15.5. The maximum atomic E-state index is 12.6. The highest BCUT2D eigenvalue weighted by atomic mass is 35.5. The van der Waals surface area contributed by atoms with E-state index in [0.717, 1.165) is 49.0 Å². The van der Waals surface area contributed by atoms with Gasteiger partial charge in [-0.1, -0.05) is 35.8 Å². The van der Waals surface area contributed by atoms with Crippen molar-refractivity contribution in [2.24, 2.45) is 0 Å². The summed E-state index contributed by atoms with van der Waals surface area (Å²) in [5, 5.41) is 9.32. The van der Waals surface area contributed by atoms with Crippen molar-refractivity contribution in [3.63, 3.8) is 0 Å². The normalized spacial score (nSPS) is 19.5. The van der Waals surface area contributed by atoms with Gasteiger partial charge in [0.05, 0.1) is 17.3 Å². The number of aromatic nitrogens is 6. The summed E-state index contributed by atoms with van der Waals surface area (Å²) in [5.41, 5.74) is 4.02. The van der Waals surface area contributed by atoms with E-state index >= 15 is 0 Å². The molecule has 0 bridgehead atoms. The van der Waals surface area contributed by atoms with Crippen LogP contribution in [-0.2, 0) is 21.8 Å². The minimum Gasteiger partial charge on any atom is -0.491 e. The van der Waals surface area contributed by atoms with E-state index in [2.05, 4.69) is 43.7 Å². The molecule has 14 heteroatoms. The number of anilines is 2. The molecule has 0 aliphatic carbocycles. The Morgan fingerprint density at radius 3 is 2.21 bits per heavy atom. The maximum absolute atomic E-state index is 12.6. The van der Waals surface area contributed by atoms with Gasteiger partial charge in [0.1, 0.15) is 44.0 Å². The van der Waals surface area contributed by atoms with Gasteiger partial charge in [0.2, 0.25) is 5.79 Å². The van der Waals surface area contributed by atoms with Gasteiger partial charge in [0, 0.05) is 53.8 Å². The van der Waals surface area contributed by atoms with E-state index in [1.165, 1.54) is 21.9 Å². The quantitative estimate of drug-likeness (QED) is 0.198. The monoisotopic (exact) mass is 688 g/mol. The van der Waals surface area contributed by atoms with Crippen molar-refractivity contribution < 1.29 is 14.2 Å². The molecule has 0 spiro atoms. The van der Waals surface area contributed by atoms with Crippen molar-refractivity contribution in [2.45, 2.75) is 25.4 Å². The highest BCUT2D eigenvalue weighted by Gasteiger charge is 2.45. The van der Waals surface area contributed by atoms with Crippen LogP contribution in [0.2, 0.25) is 10.0 Å². The molecule has 2 aliphatic rings. The number of allylic oxidation sites excluding steroid dienone is 1. The summed E-state index contributed by atoms with van der Waals surface area (Å²) >= 11 is 12.7. The molecular formula is C34H34Cl2N8O4. The van der Waals surface area contributed by atoms with Crippen LogP contribution in [0.15, 0.2) is 97.1 Å². The van der Waals surface area contributed by atoms with E-state index in [1.54, 1.807) is 30.1 Å². The van der Waals surface area contributed by atoms with Gasteiger partial charge in [-0.2, -0.15) is 14.9 Å². The van der Waals surface area contributed by atoms with Gasteiger partial charge < -0.3 is 24.0 Å². The molecule has 0 radical (unpaired) electrons. The molecule has 2 fully saturated rings. The number of ether oxygens (including phenoxy) is 3. The molecule has 2 aromatic heterocycles. The molecule has 7 rings (SSSR count). The van der Waals surface area contributed by atoms with E-state index in [4.69, 9.17) is 37.4 Å². The zero-order valence-corrected chi connectivity index (χ0v) is 27.8. The fraction of sp³-hybridized carbons (Fsp3) is 0.294. The predicted molar refractivity (Wildman–Crippen MR) is 184 cm³/mol. The largest absolute Gasteiger partial charge is 0.491 e. The second-order valence-electron chi connectivity index (χ2n) is 11.7. The Labute approximate surface area is 287 Å². The van der Waals surface area contributed by atoms with E-state index in [-0.39, 0.29) is 18.3 Å². The first kappa shape index (κ1) is 32.0. The Morgan fingerprint density at radius 2 is 1.60 bits per heavy atom. The van der Waals surface area contributed by atoms with Crippen LogP contribution < -0.4 is 20.2 Å². The van der Waals surface area contributed by atoms with Crippen LogP contribution in [0.5, 0.6) is 5.75 Å². The van der Waals surface area contributed by atoms with Gasteiger partial charge in [0.25, 0.3) is 0 Å². The van der Waals surface area contributed by atoms with Crippen LogP contribution in [-0.4, -0.2) is 74.6 Å². The maximum Gasteiger partial charge on any atom is 0.354 e. The lowest BCUT2D eigenvalue weighted by atomic mass is 10.1. The van der Waals surface area contributed by atoms with Gasteiger partial charge >= 0.3 is 5.69 Å². The summed E-state index contributed by atoms with van der Waals surface area (Å²) in [6, 6.07) is 21.3. The zero-order chi connectivity index (χ0) is 33.3. The second kappa shape index (κ2) is 13.5. The lowest BCUT2D eigenvalue weighted by Gasteiger charge is -2.37. The lowest BCUT2D eigenvalue weighted by molar-refractivity contribution is -0.190. The molecule has 0 unspecified atom stereocenters. The fourth-order valence-electron chi connectivity index (χ4n) is 6.01. The summed E-state index contributed by atoms with van der Waals surface area (Å²) < 4.78 is 23.3. The van der Waals surface area contributed by atoms with Crippen LogP contribution >= 0.6 is 23.2 Å². The summed E-state index contributed by atoms with van der Waals surface area (Å²) in [4.78, 5) is 21.3. The third-order valence-electron chi connectivity index (χ3n) is 8.48. The Hall–Kier alpha value is -4.62. The molecule has 0 saturated carbocycles. The highest BCUT2D eigenvalue weighted by molar-refractivity contribution is 6.35. The highest BCUT2D eigenvalue weighted by Crippen LogP contribution is 2.40. The molecule has 0 amide bonds. The van der Waals surface area contributed by atoms with E-state index in [0.29, 0.717) is 34.5 Å². The van der Waals surface area contributed by atoms with Gasteiger partial charge in [0.15, 0.2) is 0 Å². The van der Waals surface area contributed by atoms with Crippen LogP contribution in [0.3, 0.4) is 0 Å². The molecule has 2 atom stereocenters. The Morgan fingerprint density at radius 1 is 0.938 bits per heavy atom. The van der Waals surface area contributed by atoms with Crippen molar-refractivity contribution in [2.75, 3.05) is 49.2 Å². The molecule has 4 heterocycles. The number of nitrogens with zero attached hydrogens (tertiary/aromatic N) is 8. The van der Waals surface area contributed by atoms with Crippen molar-refractivity contribution in [3.8, 4) is 11.4 Å². The summed E-state index contributed by atoms with van der Waals surface area (Å²) in [7, 11) is 0. The molecular weight excluding hydrogens is 655 g/mol. The smallest absolute Gasteiger partial charge is 0.354 e. The molecule has 248 valence electrons. The summed E-state index contributed by atoms with van der Waals surface area (Å²) in [5.74, 6) is -0.418. The van der Waals surface area contributed by atoms with Gasteiger partial charge in [-0.3, -0.25) is 0 Å². The number of benzene rings is 3. The van der Waals surface area contributed by atoms with Gasteiger partial charge in [-0.15, -0.1) is 0 Å². The number of hydrogen-bond donors (Lipinski definition) is 0. The third kappa shape index (κ3) is 6.56. The summed E-state index contributed by atoms with van der Waals surface area (Å²) in [6.45, 7) is 9.93. The first-order chi connectivity index (χ1) is 23.3. The van der Waals surface area contributed by atoms with Crippen LogP contribution in [0.25, 0.3) is 11.4 Å². The molecule has 5 aromatic rings. The third-order valence-corrected chi connectivity index (χ3v) is 9.03. The molecule has 12 nitrogen and oxygen atoms in total. The molecule has 3 aromatic carbocycles. The van der Waals surface area contributed by atoms with Crippen molar-refractivity contribution >= 4 is 40.3 Å². The number of halogens is 2. The van der Waals surface area contributed by atoms with Crippen LogP contribution in [0, 0.1) is 0 Å². The number of hydrogen-bond acceptors (Lipinski definition) is 9. The second-order valence-corrected chi connectivity index (χ2v) is 12.6. The molecule has 0 N–H and O–H groups in total.